The number of nitrogens with two attached hydrogens (primary N) is 4. The zero-order valence-electron chi connectivity index (χ0n) is 16.9. The molecule has 162 valence electrons. The number of hydrogen-bond acceptors (Lipinski definition) is 8. The van der Waals surface area contributed by atoms with Gasteiger partial charge in [-0.3, -0.25) is 0 Å². The van der Waals surface area contributed by atoms with Crippen LogP contribution in [0.2, 0.25) is 0 Å². The Morgan fingerprint density at radius 3 is 1.07 bits per heavy atom. The van der Waals surface area contributed by atoms with Crippen molar-refractivity contribution in [3.05, 3.63) is 35.4 Å². The predicted octanol–water partition coefficient (Wildman–Crippen LogP) is 4.01. The standard InChI is InChI=1S/C20H38N4S4/c21-9-3-13-25-19(26-14-4-10-22)17-7-1-2-8-18(17)20(27-15-5-11-23)28-16-6-12-24/h1-2,7-8,19-20H,3-6,9-16,21-24H2. The Morgan fingerprint density at radius 1 is 0.536 bits per heavy atom. The molecule has 0 saturated carbocycles. The smallest absolute Gasteiger partial charge is 0.0754 e. The largest absolute Gasteiger partial charge is 0.330 e. The van der Waals surface area contributed by atoms with E-state index in [1.165, 1.54) is 11.1 Å². The summed E-state index contributed by atoms with van der Waals surface area (Å²) < 4.78 is 0.865. The third kappa shape index (κ3) is 11.0. The molecule has 0 unspecified atom stereocenters. The van der Waals surface area contributed by atoms with Gasteiger partial charge in [0, 0.05) is 0 Å². The quantitative estimate of drug-likeness (QED) is 0.192. The number of thioether (sulfide) groups is 4. The Morgan fingerprint density at radius 2 is 0.821 bits per heavy atom. The summed E-state index contributed by atoms with van der Waals surface area (Å²) in [6.45, 7) is 3.01. The molecule has 0 aliphatic heterocycles. The van der Waals surface area contributed by atoms with Crippen LogP contribution < -0.4 is 22.9 Å². The second-order valence-electron chi connectivity index (χ2n) is 6.34. The first-order valence-electron chi connectivity index (χ1n) is 10.1. The molecule has 8 heteroatoms. The molecule has 0 radical (unpaired) electrons. The maximum absolute atomic E-state index is 5.73. The summed E-state index contributed by atoms with van der Waals surface area (Å²) in [6, 6.07) is 8.96. The minimum Gasteiger partial charge on any atom is -0.330 e. The van der Waals surface area contributed by atoms with Crippen LogP contribution in [0.15, 0.2) is 24.3 Å². The Labute approximate surface area is 188 Å². The van der Waals surface area contributed by atoms with Crippen molar-refractivity contribution < 1.29 is 0 Å². The van der Waals surface area contributed by atoms with Gasteiger partial charge in [-0.1, -0.05) is 24.3 Å². The van der Waals surface area contributed by atoms with E-state index in [2.05, 4.69) is 24.3 Å². The van der Waals surface area contributed by atoms with Crippen LogP contribution in [-0.4, -0.2) is 49.2 Å². The summed E-state index contributed by atoms with van der Waals surface area (Å²) in [5.41, 5.74) is 25.8. The van der Waals surface area contributed by atoms with Crippen molar-refractivity contribution in [2.24, 2.45) is 22.9 Å². The molecule has 0 amide bonds. The molecule has 0 aliphatic carbocycles. The summed E-state index contributed by atoms with van der Waals surface area (Å²) in [5.74, 6) is 4.37. The number of benzene rings is 1. The fourth-order valence-electron chi connectivity index (χ4n) is 2.49. The van der Waals surface area contributed by atoms with E-state index in [1.807, 2.05) is 47.0 Å². The molecule has 8 N–H and O–H groups in total. The molecule has 1 aromatic rings. The van der Waals surface area contributed by atoms with E-state index in [0.717, 1.165) is 74.9 Å². The van der Waals surface area contributed by atoms with Crippen LogP contribution in [0, 0.1) is 0 Å². The lowest BCUT2D eigenvalue weighted by atomic mass is 10.1. The van der Waals surface area contributed by atoms with Crippen LogP contribution >= 0.6 is 47.0 Å². The van der Waals surface area contributed by atoms with Gasteiger partial charge in [-0.05, 0) is 86.0 Å². The van der Waals surface area contributed by atoms with Gasteiger partial charge in [0.2, 0.25) is 0 Å². The fraction of sp³-hybridized carbons (Fsp3) is 0.700. The van der Waals surface area contributed by atoms with Gasteiger partial charge < -0.3 is 22.9 Å². The summed E-state index contributed by atoms with van der Waals surface area (Å²) in [5, 5.41) is 0. The van der Waals surface area contributed by atoms with Gasteiger partial charge in [0.15, 0.2) is 0 Å². The molecular formula is C20H38N4S4. The maximum atomic E-state index is 5.73. The van der Waals surface area contributed by atoms with E-state index in [4.69, 9.17) is 22.9 Å². The van der Waals surface area contributed by atoms with Gasteiger partial charge >= 0.3 is 0 Å². The van der Waals surface area contributed by atoms with Gasteiger partial charge in [-0.25, -0.2) is 0 Å². The van der Waals surface area contributed by atoms with Gasteiger partial charge in [0.1, 0.15) is 0 Å². The van der Waals surface area contributed by atoms with Gasteiger partial charge in [-0.15, -0.1) is 47.0 Å². The van der Waals surface area contributed by atoms with Crippen molar-refractivity contribution in [2.45, 2.75) is 34.8 Å². The predicted molar refractivity (Wildman–Crippen MR) is 136 cm³/mol. The topological polar surface area (TPSA) is 104 Å². The zero-order valence-corrected chi connectivity index (χ0v) is 20.2. The van der Waals surface area contributed by atoms with Crippen molar-refractivity contribution in [2.75, 3.05) is 49.2 Å². The van der Waals surface area contributed by atoms with E-state index < -0.39 is 0 Å². The third-order valence-electron chi connectivity index (χ3n) is 3.97. The van der Waals surface area contributed by atoms with E-state index in [1.54, 1.807) is 0 Å². The van der Waals surface area contributed by atoms with Gasteiger partial charge in [-0.2, -0.15) is 0 Å². The molecule has 0 atom stereocenters. The molecule has 0 bridgehead atoms. The highest BCUT2D eigenvalue weighted by molar-refractivity contribution is 8.17. The van der Waals surface area contributed by atoms with E-state index in [9.17, 15) is 0 Å². The van der Waals surface area contributed by atoms with Crippen LogP contribution in [0.25, 0.3) is 0 Å². The first-order chi connectivity index (χ1) is 13.8. The molecule has 0 heterocycles. The Hall–Kier alpha value is 0.460. The normalized spacial score (nSPS) is 11.6. The highest BCUT2D eigenvalue weighted by atomic mass is 32.2. The van der Waals surface area contributed by atoms with E-state index >= 15 is 0 Å². The summed E-state index contributed by atoms with van der Waals surface area (Å²) in [6.07, 6.45) is 4.23. The number of rotatable bonds is 18. The van der Waals surface area contributed by atoms with Crippen LogP contribution in [0.1, 0.15) is 46.0 Å². The lowest BCUT2D eigenvalue weighted by Crippen LogP contribution is -2.07. The number of hydrogen-bond donors (Lipinski definition) is 4. The van der Waals surface area contributed by atoms with Gasteiger partial charge in [0.25, 0.3) is 0 Å². The molecule has 0 spiro atoms. The lowest BCUT2D eigenvalue weighted by molar-refractivity contribution is 0.937. The Balaban J connectivity index is 2.98. The lowest BCUT2D eigenvalue weighted by Gasteiger charge is -2.25. The monoisotopic (exact) mass is 462 g/mol. The Bertz CT molecular complexity index is 430. The van der Waals surface area contributed by atoms with Crippen molar-refractivity contribution >= 4 is 47.0 Å². The summed E-state index contributed by atoms with van der Waals surface area (Å²) >= 11 is 8.09. The SMILES string of the molecule is NCCCSC(SCCCN)c1ccccc1C(SCCCN)SCCCN. The van der Waals surface area contributed by atoms with Crippen LogP contribution in [0.3, 0.4) is 0 Å². The minimum atomic E-state index is 0.432. The first-order valence-corrected chi connectivity index (χ1v) is 14.3. The highest BCUT2D eigenvalue weighted by Crippen LogP contribution is 2.48. The molecule has 1 aromatic carbocycles. The summed E-state index contributed by atoms with van der Waals surface area (Å²) in [4.78, 5) is 0. The van der Waals surface area contributed by atoms with Crippen LogP contribution in [-0.2, 0) is 0 Å². The van der Waals surface area contributed by atoms with E-state index in [-0.39, 0.29) is 0 Å². The third-order valence-corrected chi connectivity index (χ3v) is 9.93. The van der Waals surface area contributed by atoms with Crippen molar-refractivity contribution in [3.63, 3.8) is 0 Å². The molecule has 4 nitrogen and oxygen atoms in total. The van der Waals surface area contributed by atoms with Crippen molar-refractivity contribution in [3.8, 4) is 0 Å². The molecule has 1 rings (SSSR count). The Kier molecular flexibility index (Phi) is 17.3. The zero-order chi connectivity index (χ0) is 20.5. The van der Waals surface area contributed by atoms with Crippen LogP contribution in [0.5, 0.6) is 0 Å². The second kappa shape index (κ2) is 18.2. The first kappa shape index (κ1) is 26.5. The van der Waals surface area contributed by atoms with Crippen molar-refractivity contribution in [1.82, 2.24) is 0 Å². The molecule has 28 heavy (non-hydrogen) atoms. The molecule has 0 aliphatic rings. The average Bonchev–Trinajstić information content (AvgIpc) is 2.72. The van der Waals surface area contributed by atoms with Gasteiger partial charge in [0.05, 0.1) is 9.16 Å². The fourth-order valence-corrected chi connectivity index (χ4v) is 8.18. The van der Waals surface area contributed by atoms with Crippen LogP contribution in [0.4, 0.5) is 0 Å². The summed E-state index contributed by atoms with van der Waals surface area (Å²) in [7, 11) is 0. The molecule has 0 fully saturated rings. The maximum Gasteiger partial charge on any atom is 0.0754 e. The average molecular weight is 463 g/mol. The van der Waals surface area contributed by atoms with E-state index in [0.29, 0.717) is 9.16 Å². The minimum absolute atomic E-state index is 0.432. The van der Waals surface area contributed by atoms with Crippen molar-refractivity contribution in [1.29, 1.82) is 0 Å². The highest BCUT2D eigenvalue weighted by Gasteiger charge is 2.22. The molecule has 0 aromatic heterocycles. The molecule has 0 saturated heterocycles. The second-order valence-corrected chi connectivity index (χ2v) is 11.8. The molecular weight excluding hydrogens is 425 g/mol.